The van der Waals surface area contributed by atoms with Crippen LogP contribution >= 0.6 is 0 Å². The van der Waals surface area contributed by atoms with E-state index in [1.54, 1.807) is 0 Å². The lowest BCUT2D eigenvalue weighted by atomic mass is 9.45. The highest BCUT2D eigenvalue weighted by Crippen LogP contribution is 2.72. The van der Waals surface area contributed by atoms with Crippen LogP contribution in [-0.2, 0) is 9.53 Å². The first kappa shape index (κ1) is 17.6. The van der Waals surface area contributed by atoms with E-state index in [9.17, 15) is 9.90 Å². The topological polar surface area (TPSA) is 46.5 Å². The van der Waals surface area contributed by atoms with Gasteiger partial charge in [-0.15, -0.1) is 0 Å². The van der Waals surface area contributed by atoms with Crippen molar-refractivity contribution in [3.63, 3.8) is 0 Å². The highest BCUT2D eigenvalue weighted by molar-refractivity contribution is 5.91. The van der Waals surface area contributed by atoms with Crippen molar-refractivity contribution in [1.29, 1.82) is 0 Å². The molecule has 3 aliphatic carbocycles. The molecule has 0 aromatic carbocycles. The van der Waals surface area contributed by atoms with E-state index in [2.05, 4.69) is 20.8 Å². The quantitative estimate of drug-likeness (QED) is 0.598. The maximum atomic E-state index is 11.7. The van der Waals surface area contributed by atoms with Gasteiger partial charge in [-0.2, -0.15) is 0 Å². The Kier molecular flexibility index (Phi) is 4.10. The molecule has 1 aliphatic heterocycles. The summed E-state index contributed by atoms with van der Waals surface area (Å²) < 4.78 is 4.95. The summed E-state index contributed by atoms with van der Waals surface area (Å²) in [5.41, 5.74) is 1.99. The SMILES string of the molecule is CC1(C)CCC[C@@]2(C)[C@H]1CCC1(CC1)[C@@H]2CC/C=C1/C(=O)OCC1O. The third kappa shape index (κ3) is 2.78. The van der Waals surface area contributed by atoms with Crippen molar-refractivity contribution in [2.75, 3.05) is 6.61 Å². The van der Waals surface area contributed by atoms with Crippen LogP contribution in [0.25, 0.3) is 0 Å². The minimum Gasteiger partial charge on any atom is -0.459 e. The van der Waals surface area contributed by atoms with E-state index < -0.39 is 6.10 Å². The third-order valence-corrected chi connectivity index (χ3v) is 8.42. The Morgan fingerprint density at radius 1 is 1.16 bits per heavy atom. The number of rotatable bonds is 3. The van der Waals surface area contributed by atoms with Gasteiger partial charge in [0.2, 0.25) is 0 Å². The van der Waals surface area contributed by atoms with Crippen LogP contribution in [0.2, 0.25) is 0 Å². The van der Waals surface area contributed by atoms with Crippen molar-refractivity contribution < 1.29 is 14.6 Å². The Balaban J connectivity index is 1.54. The number of esters is 1. The fourth-order valence-corrected chi connectivity index (χ4v) is 7.09. The predicted molar refractivity (Wildman–Crippen MR) is 97.9 cm³/mol. The van der Waals surface area contributed by atoms with Crippen LogP contribution in [-0.4, -0.2) is 23.8 Å². The average molecular weight is 347 g/mol. The lowest BCUT2D eigenvalue weighted by molar-refractivity contribution is -0.135. The largest absolute Gasteiger partial charge is 0.459 e. The number of ether oxygens (including phenoxy) is 1. The second-order valence-corrected chi connectivity index (χ2v) is 10.2. The summed E-state index contributed by atoms with van der Waals surface area (Å²) in [5.74, 6) is 1.28. The molecule has 0 bridgehead atoms. The molecule has 1 saturated heterocycles. The lowest BCUT2D eigenvalue weighted by Gasteiger charge is -2.60. The number of fused-ring (bicyclic) bond motifs is 1. The number of aliphatic hydroxyl groups is 1. The fourth-order valence-electron chi connectivity index (χ4n) is 7.09. The normalized spacial score (nSPS) is 43.1. The zero-order valence-corrected chi connectivity index (χ0v) is 16.1. The molecule has 0 amide bonds. The summed E-state index contributed by atoms with van der Waals surface area (Å²) in [6.07, 6.45) is 13.0. The van der Waals surface area contributed by atoms with Crippen LogP contribution in [0.3, 0.4) is 0 Å². The monoisotopic (exact) mass is 346 g/mol. The Labute approximate surface area is 152 Å². The van der Waals surface area contributed by atoms with Crippen LogP contribution in [0.15, 0.2) is 11.6 Å². The summed E-state index contributed by atoms with van der Waals surface area (Å²) in [6.45, 7) is 7.69. The van der Waals surface area contributed by atoms with Crippen molar-refractivity contribution in [3.05, 3.63) is 11.6 Å². The number of carbonyl (C=O) groups is 1. The maximum Gasteiger partial charge on any atom is 0.336 e. The van der Waals surface area contributed by atoms with Crippen molar-refractivity contribution in [2.45, 2.75) is 84.7 Å². The molecule has 4 atom stereocenters. The Morgan fingerprint density at radius 3 is 2.56 bits per heavy atom. The minimum absolute atomic E-state index is 0.131. The van der Waals surface area contributed by atoms with Gasteiger partial charge in [-0.3, -0.25) is 0 Å². The molecule has 3 heteroatoms. The maximum absolute atomic E-state index is 11.7. The molecular formula is C22H34O3. The second-order valence-electron chi connectivity index (χ2n) is 10.2. The molecule has 140 valence electrons. The van der Waals surface area contributed by atoms with Gasteiger partial charge in [0.05, 0.1) is 5.57 Å². The summed E-state index contributed by atoms with van der Waals surface area (Å²) in [6, 6.07) is 0. The van der Waals surface area contributed by atoms with Gasteiger partial charge in [-0.1, -0.05) is 33.3 Å². The zero-order chi connectivity index (χ0) is 17.9. The van der Waals surface area contributed by atoms with Crippen molar-refractivity contribution >= 4 is 5.97 Å². The van der Waals surface area contributed by atoms with Gasteiger partial charge in [-0.05, 0) is 79.4 Å². The average Bonchev–Trinajstić information content (AvgIpc) is 3.23. The molecule has 0 aromatic heterocycles. The van der Waals surface area contributed by atoms with Crippen LogP contribution < -0.4 is 0 Å². The molecule has 25 heavy (non-hydrogen) atoms. The van der Waals surface area contributed by atoms with E-state index in [-0.39, 0.29) is 12.6 Å². The highest BCUT2D eigenvalue weighted by Gasteiger charge is 2.62. The molecule has 1 unspecified atom stereocenters. The fraction of sp³-hybridized carbons (Fsp3) is 0.864. The number of cyclic esters (lactones) is 1. The van der Waals surface area contributed by atoms with Gasteiger partial charge < -0.3 is 9.84 Å². The Bertz CT molecular complexity index is 586. The van der Waals surface area contributed by atoms with Crippen LogP contribution in [0.5, 0.6) is 0 Å². The van der Waals surface area contributed by atoms with E-state index in [0.717, 1.165) is 24.7 Å². The molecule has 1 spiro atoms. The number of carbonyl (C=O) groups excluding carboxylic acids is 1. The molecule has 4 rings (SSSR count). The number of aliphatic hydroxyl groups excluding tert-OH is 1. The van der Waals surface area contributed by atoms with Crippen LogP contribution in [0, 0.1) is 28.1 Å². The highest BCUT2D eigenvalue weighted by atomic mass is 16.6. The molecule has 4 fully saturated rings. The van der Waals surface area contributed by atoms with Gasteiger partial charge in [0.25, 0.3) is 0 Å². The molecule has 1 heterocycles. The lowest BCUT2D eigenvalue weighted by Crippen LogP contribution is -2.52. The summed E-state index contributed by atoms with van der Waals surface area (Å²) in [7, 11) is 0. The van der Waals surface area contributed by atoms with Crippen LogP contribution in [0.4, 0.5) is 0 Å². The summed E-state index contributed by atoms with van der Waals surface area (Å²) in [4.78, 5) is 11.7. The van der Waals surface area contributed by atoms with Crippen molar-refractivity contribution in [1.82, 2.24) is 0 Å². The number of hydrogen-bond donors (Lipinski definition) is 1. The minimum atomic E-state index is -0.717. The van der Waals surface area contributed by atoms with E-state index in [4.69, 9.17) is 4.74 Å². The van der Waals surface area contributed by atoms with E-state index in [1.807, 2.05) is 6.08 Å². The van der Waals surface area contributed by atoms with E-state index in [1.165, 1.54) is 44.9 Å². The number of hydrogen-bond acceptors (Lipinski definition) is 3. The van der Waals surface area contributed by atoms with E-state index >= 15 is 0 Å². The van der Waals surface area contributed by atoms with Gasteiger partial charge in [0.1, 0.15) is 12.7 Å². The van der Waals surface area contributed by atoms with Crippen molar-refractivity contribution in [3.8, 4) is 0 Å². The molecule has 0 aromatic rings. The van der Waals surface area contributed by atoms with Crippen molar-refractivity contribution in [2.24, 2.45) is 28.1 Å². The molecule has 3 saturated carbocycles. The molecule has 1 N–H and O–H groups in total. The van der Waals surface area contributed by atoms with Gasteiger partial charge in [0.15, 0.2) is 0 Å². The van der Waals surface area contributed by atoms with Gasteiger partial charge in [-0.25, -0.2) is 4.79 Å². The van der Waals surface area contributed by atoms with Crippen LogP contribution in [0.1, 0.15) is 78.6 Å². The first-order valence-electron chi connectivity index (χ1n) is 10.3. The van der Waals surface area contributed by atoms with Gasteiger partial charge in [0, 0.05) is 0 Å². The summed E-state index contributed by atoms with van der Waals surface area (Å²) in [5, 5.41) is 9.90. The Morgan fingerprint density at radius 2 is 1.92 bits per heavy atom. The standard InChI is InChI=1S/C22H34O3/c1-20(2)9-5-10-21(3)17(20)8-11-22(12-13-22)18(21)7-4-6-15-16(23)14-25-19(15)24/h6,16-18,23H,4-5,7-14H2,1-3H3/b15-6+/t16?,17-,18+,21-/m0/s1. The first-order valence-corrected chi connectivity index (χ1v) is 10.3. The molecular weight excluding hydrogens is 312 g/mol. The Hall–Kier alpha value is -0.830. The molecule has 0 radical (unpaired) electrons. The summed E-state index contributed by atoms with van der Waals surface area (Å²) >= 11 is 0. The first-order chi connectivity index (χ1) is 11.8. The molecule has 4 aliphatic rings. The predicted octanol–water partition coefficient (Wildman–Crippen LogP) is 4.63. The zero-order valence-electron chi connectivity index (χ0n) is 16.1. The number of allylic oxidation sites excluding steroid dienone is 1. The van der Waals surface area contributed by atoms with E-state index in [0.29, 0.717) is 21.8 Å². The molecule has 3 nitrogen and oxygen atoms in total. The second kappa shape index (κ2) is 5.84. The smallest absolute Gasteiger partial charge is 0.336 e. The van der Waals surface area contributed by atoms with Gasteiger partial charge >= 0.3 is 5.97 Å². The third-order valence-electron chi connectivity index (χ3n) is 8.42.